The highest BCUT2D eigenvalue weighted by Gasteiger charge is 2.63. The van der Waals surface area contributed by atoms with Gasteiger partial charge in [-0.15, -0.1) is 0 Å². The van der Waals surface area contributed by atoms with E-state index in [4.69, 9.17) is 28.8 Å². The summed E-state index contributed by atoms with van der Waals surface area (Å²) in [5.41, 5.74) is 0. The van der Waals surface area contributed by atoms with Gasteiger partial charge in [0, 0.05) is 0 Å². The van der Waals surface area contributed by atoms with Crippen molar-refractivity contribution in [2.75, 3.05) is 13.2 Å². The molecule has 9 nitrogen and oxygen atoms in total. The van der Waals surface area contributed by atoms with Crippen LogP contribution < -0.4 is 0 Å². The van der Waals surface area contributed by atoms with Crippen molar-refractivity contribution in [2.45, 2.75) is 61.4 Å². The lowest BCUT2D eigenvalue weighted by molar-refractivity contribution is -0.319. The van der Waals surface area contributed by atoms with E-state index in [1.807, 2.05) is 0 Å². The summed E-state index contributed by atoms with van der Waals surface area (Å²) in [5.74, 6) is 0. The lowest BCUT2D eigenvalue weighted by atomic mass is 9.99. The molecule has 4 heterocycles. The molecule has 4 unspecified atom stereocenters. The molecule has 0 radical (unpaired) electrons. The monoisotopic (exact) mass is 306 g/mol. The molecule has 2 bridgehead atoms. The van der Waals surface area contributed by atoms with Crippen LogP contribution in [0.15, 0.2) is 0 Å². The van der Waals surface area contributed by atoms with Gasteiger partial charge in [-0.3, -0.25) is 0 Å². The number of ether oxygens (including phenoxy) is 5. The minimum Gasteiger partial charge on any atom is -0.394 e. The Morgan fingerprint density at radius 1 is 0.952 bits per heavy atom. The van der Waals surface area contributed by atoms with E-state index >= 15 is 0 Å². The van der Waals surface area contributed by atoms with Gasteiger partial charge in [0.15, 0.2) is 12.6 Å². The largest absolute Gasteiger partial charge is 0.394 e. The van der Waals surface area contributed by atoms with E-state index in [0.717, 1.165) is 0 Å². The molecule has 10 atom stereocenters. The molecule has 0 amide bonds. The van der Waals surface area contributed by atoms with Gasteiger partial charge in [0.1, 0.15) is 48.8 Å². The predicted molar refractivity (Wildman–Crippen MR) is 61.9 cm³/mol. The number of fused-ring (bicyclic) bond motifs is 4. The Labute approximate surface area is 119 Å². The zero-order valence-electron chi connectivity index (χ0n) is 11.0. The fourth-order valence-corrected chi connectivity index (χ4v) is 3.12. The predicted octanol–water partition coefficient (Wildman–Crippen LogP) is -3.31. The first-order valence-electron chi connectivity index (χ1n) is 6.98. The van der Waals surface area contributed by atoms with Crippen molar-refractivity contribution in [3.05, 3.63) is 0 Å². The van der Waals surface area contributed by atoms with Crippen LogP contribution in [0, 0.1) is 0 Å². The topological polar surface area (TPSA) is 130 Å². The summed E-state index contributed by atoms with van der Waals surface area (Å²) in [6.07, 6.45) is -8.04. The average molecular weight is 306 g/mol. The summed E-state index contributed by atoms with van der Waals surface area (Å²) in [7, 11) is 0. The second-order valence-electron chi connectivity index (χ2n) is 5.74. The Balaban J connectivity index is 1.46. The highest BCUT2D eigenvalue weighted by molar-refractivity contribution is 5.05. The number of hydrogen-bond donors (Lipinski definition) is 4. The van der Waals surface area contributed by atoms with E-state index in [1.54, 1.807) is 0 Å². The molecule has 4 N–H and O–H groups in total. The standard InChI is InChI=1S/C12H18O9/c13-1-3-5(14)6(15)7(16)11(18-3)21-8-4-2-17-12(19-4)10-9(8)20-10/h3-16H,1-2H2/t3?,4?,5-,6?,7+,8-,9-,10?,11+,12-/m1/s1. The molecule has 0 aromatic carbocycles. The SMILES string of the molecule is OCC1O[C@@H](O[C@@H]2C3CO[C@H](O3)C3O[C@@H]32)[C@@H](O)C(O)[C@@H]1O. The third-order valence-electron chi connectivity index (χ3n) is 4.39. The quantitative estimate of drug-likeness (QED) is 0.396. The maximum Gasteiger partial charge on any atom is 0.187 e. The number of aliphatic hydroxyl groups is 4. The van der Waals surface area contributed by atoms with Gasteiger partial charge in [0.2, 0.25) is 0 Å². The Hall–Kier alpha value is -0.360. The summed E-state index contributed by atoms with van der Waals surface area (Å²) < 4.78 is 27.4. The van der Waals surface area contributed by atoms with Crippen LogP contribution in [-0.2, 0) is 23.7 Å². The second-order valence-corrected chi connectivity index (χ2v) is 5.74. The van der Waals surface area contributed by atoms with Crippen LogP contribution in [0.25, 0.3) is 0 Å². The van der Waals surface area contributed by atoms with Crippen molar-refractivity contribution < 1.29 is 44.1 Å². The van der Waals surface area contributed by atoms with E-state index in [9.17, 15) is 15.3 Å². The summed E-state index contributed by atoms with van der Waals surface area (Å²) in [6, 6.07) is 0. The molecule has 9 heteroatoms. The van der Waals surface area contributed by atoms with Gasteiger partial charge >= 0.3 is 0 Å². The lowest BCUT2D eigenvalue weighted by Crippen LogP contribution is -2.60. The first kappa shape index (κ1) is 14.2. The van der Waals surface area contributed by atoms with Crippen molar-refractivity contribution in [3.8, 4) is 0 Å². The van der Waals surface area contributed by atoms with Gasteiger partial charge in [-0.2, -0.15) is 0 Å². The maximum absolute atomic E-state index is 9.97. The Bertz CT molecular complexity index is 404. The molecule has 0 aromatic rings. The van der Waals surface area contributed by atoms with E-state index in [-0.39, 0.29) is 24.6 Å². The molecule has 4 aliphatic rings. The van der Waals surface area contributed by atoms with Crippen LogP contribution in [0.5, 0.6) is 0 Å². The van der Waals surface area contributed by atoms with Crippen molar-refractivity contribution in [1.29, 1.82) is 0 Å². The lowest BCUT2D eigenvalue weighted by Gasteiger charge is -2.41. The highest BCUT2D eigenvalue weighted by atomic mass is 16.8. The number of rotatable bonds is 3. The molecule has 0 spiro atoms. The Kier molecular flexibility index (Phi) is 3.45. The molecule has 0 aliphatic carbocycles. The summed E-state index contributed by atoms with van der Waals surface area (Å²) in [6.45, 7) is -0.133. The Morgan fingerprint density at radius 3 is 2.52 bits per heavy atom. The molecule has 4 rings (SSSR count). The maximum atomic E-state index is 9.97. The van der Waals surface area contributed by atoms with Crippen LogP contribution in [0.4, 0.5) is 0 Å². The molecular weight excluding hydrogens is 288 g/mol. The number of epoxide rings is 1. The number of aliphatic hydroxyl groups excluding tert-OH is 4. The van der Waals surface area contributed by atoms with Crippen LogP contribution in [-0.4, -0.2) is 95.1 Å². The Morgan fingerprint density at radius 2 is 1.76 bits per heavy atom. The fraction of sp³-hybridized carbons (Fsp3) is 1.00. The minimum atomic E-state index is -1.46. The molecule has 0 aromatic heterocycles. The average Bonchev–Trinajstić information content (AvgIpc) is 3.17. The van der Waals surface area contributed by atoms with Gasteiger partial charge in [0.25, 0.3) is 0 Å². The third kappa shape index (κ3) is 2.21. The number of hydrogen-bond acceptors (Lipinski definition) is 9. The molecule has 4 fully saturated rings. The van der Waals surface area contributed by atoms with E-state index in [1.165, 1.54) is 0 Å². The van der Waals surface area contributed by atoms with Gasteiger partial charge in [-0.05, 0) is 0 Å². The molecule has 4 aliphatic heterocycles. The molecular formula is C12H18O9. The van der Waals surface area contributed by atoms with Crippen molar-refractivity contribution in [3.63, 3.8) is 0 Å². The second kappa shape index (κ2) is 5.08. The zero-order valence-corrected chi connectivity index (χ0v) is 11.0. The minimum absolute atomic E-state index is 0.182. The van der Waals surface area contributed by atoms with Crippen molar-refractivity contribution in [1.82, 2.24) is 0 Å². The van der Waals surface area contributed by atoms with Gasteiger partial charge in [-0.1, -0.05) is 0 Å². The molecule has 21 heavy (non-hydrogen) atoms. The van der Waals surface area contributed by atoms with E-state index in [0.29, 0.717) is 6.61 Å². The van der Waals surface area contributed by atoms with Crippen molar-refractivity contribution in [2.24, 2.45) is 0 Å². The van der Waals surface area contributed by atoms with Gasteiger partial charge in [-0.25, -0.2) is 0 Å². The molecule has 0 saturated carbocycles. The van der Waals surface area contributed by atoms with Crippen LogP contribution in [0.2, 0.25) is 0 Å². The third-order valence-corrected chi connectivity index (χ3v) is 4.39. The van der Waals surface area contributed by atoms with Crippen LogP contribution >= 0.6 is 0 Å². The summed E-state index contributed by atoms with van der Waals surface area (Å²) in [5, 5.41) is 38.6. The highest BCUT2D eigenvalue weighted by Crippen LogP contribution is 2.43. The van der Waals surface area contributed by atoms with Gasteiger partial charge < -0.3 is 44.1 Å². The first-order chi connectivity index (χ1) is 10.1. The van der Waals surface area contributed by atoms with Crippen LogP contribution in [0.3, 0.4) is 0 Å². The fourth-order valence-electron chi connectivity index (χ4n) is 3.12. The van der Waals surface area contributed by atoms with E-state index in [2.05, 4.69) is 0 Å². The smallest absolute Gasteiger partial charge is 0.187 e. The molecule has 120 valence electrons. The van der Waals surface area contributed by atoms with E-state index < -0.39 is 43.4 Å². The first-order valence-corrected chi connectivity index (χ1v) is 6.98. The van der Waals surface area contributed by atoms with Crippen molar-refractivity contribution >= 4 is 0 Å². The van der Waals surface area contributed by atoms with Gasteiger partial charge in [0.05, 0.1) is 13.2 Å². The van der Waals surface area contributed by atoms with Crippen LogP contribution in [0.1, 0.15) is 0 Å². The summed E-state index contributed by atoms with van der Waals surface area (Å²) in [4.78, 5) is 0. The normalized spacial score (nSPS) is 58.9. The molecule has 4 saturated heterocycles. The zero-order chi connectivity index (χ0) is 14.7. The summed E-state index contributed by atoms with van der Waals surface area (Å²) >= 11 is 0.